The van der Waals surface area contributed by atoms with Crippen LogP contribution in [0.4, 0.5) is 5.69 Å². The summed E-state index contributed by atoms with van der Waals surface area (Å²) in [7, 11) is -2.64. The number of morpholine rings is 1. The van der Waals surface area contributed by atoms with Crippen LogP contribution in [-0.4, -0.2) is 52.6 Å². The number of hydrogen-bond acceptors (Lipinski definition) is 6. The Morgan fingerprint density at radius 3 is 2.44 bits per heavy atom. The summed E-state index contributed by atoms with van der Waals surface area (Å²) >= 11 is 0. The molecule has 0 radical (unpaired) electrons. The summed E-state index contributed by atoms with van der Waals surface area (Å²) in [5, 5.41) is 8.02. The highest BCUT2D eigenvalue weighted by molar-refractivity contribution is 7.89. The van der Waals surface area contributed by atoms with E-state index in [-0.39, 0.29) is 22.1 Å². The van der Waals surface area contributed by atoms with E-state index in [4.69, 9.17) is 14.6 Å². The van der Waals surface area contributed by atoms with Crippen molar-refractivity contribution < 1.29 is 22.7 Å². The zero-order chi connectivity index (χ0) is 24.1. The molecule has 0 bridgehead atoms. The normalized spacial score (nSPS) is 14.5. The summed E-state index contributed by atoms with van der Waals surface area (Å²) in [6.07, 6.45) is 0. The van der Waals surface area contributed by atoms with Crippen LogP contribution in [0.15, 0.2) is 71.6 Å². The topological polar surface area (TPSA) is 111 Å². The zero-order valence-electron chi connectivity index (χ0n) is 18.9. The Hall–Kier alpha value is -3.24. The van der Waals surface area contributed by atoms with Crippen molar-refractivity contribution in [3.63, 3.8) is 0 Å². The quantitative estimate of drug-likeness (QED) is 0.537. The fraction of sp³-hybridized carbons (Fsp3) is 0.240. The standard InChI is InChI=1S/C25H27N3O5S/c1-32-23-16-19(8-11-24(23)34(26,30)31)25(29)27-21-9-6-18(7-10-21)22-5-3-2-4-20(22)17-28-12-14-33-15-13-28/h2-11,16H,12-15,17H2,1H3,(H,27,29)(H2,26,30,31). The van der Waals surface area contributed by atoms with Gasteiger partial charge in [0.25, 0.3) is 5.91 Å². The summed E-state index contributed by atoms with van der Waals surface area (Å²) in [6, 6.07) is 19.9. The van der Waals surface area contributed by atoms with Gasteiger partial charge in [-0.05, 0) is 47.0 Å². The molecule has 3 aromatic rings. The van der Waals surface area contributed by atoms with Crippen molar-refractivity contribution in [3.8, 4) is 16.9 Å². The number of carbonyl (C=O) groups is 1. The molecule has 0 unspecified atom stereocenters. The van der Waals surface area contributed by atoms with Crippen LogP contribution in [0.3, 0.4) is 0 Å². The largest absolute Gasteiger partial charge is 0.495 e. The zero-order valence-corrected chi connectivity index (χ0v) is 19.7. The second-order valence-corrected chi connectivity index (χ2v) is 9.52. The number of rotatable bonds is 7. The fourth-order valence-electron chi connectivity index (χ4n) is 3.92. The predicted molar refractivity (Wildman–Crippen MR) is 130 cm³/mol. The van der Waals surface area contributed by atoms with Gasteiger partial charge >= 0.3 is 0 Å². The molecule has 0 spiro atoms. The van der Waals surface area contributed by atoms with Crippen molar-refractivity contribution in [2.24, 2.45) is 5.14 Å². The van der Waals surface area contributed by atoms with Crippen molar-refractivity contribution in [2.75, 3.05) is 38.7 Å². The minimum Gasteiger partial charge on any atom is -0.495 e. The Labute approximate surface area is 199 Å². The van der Waals surface area contributed by atoms with Gasteiger partial charge in [-0.1, -0.05) is 36.4 Å². The van der Waals surface area contributed by atoms with Crippen LogP contribution in [0.1, 0.15) is 15.9 Å². The Morgan fingerprint density at radius 1 is 1.06 bits per heavy atom. The molecule has 1 heterocycles. The highest BCUT2D eigenvalue weighted by Gasteiger charge is 2.18. The molecule has 0 aliphatic carbocycles. The smallest absolute Gasteiger partial charge is 0.255 e. The molecule has 0 atom stereocenters. The van der Waals surface area contributed by atoms with E-state index in [2.05, 4.69) is 22.3 Å². The van der Waals surface area contributed by atoms with E-state index in [1.54, 1.807) is 0 Å². The van der Waals surface area contributed by atoms with Crippen molar-refractivity contribution in [1.82, 2.24) is 4.90 Å². The molecular formula is C25H27N3O5S. The van der Waals surface area contributed by atoms with Gasteiger partial charge in [0.1, 0.15) is 10.6 Å². The Kier molecular flexibility index (Phi) is 7.28. The van der Waals surface area contributed by atoms with Gasteiger partial charge in [0.15, 0.2) is 0 Å². The number of hydrogen-bond donors (Lipinski definition) is 2. The van der Waals surface area contributed by atoms with Crippen molar-refractivity contribution in [1.29, 1.82) is 0 Å². The maximum Gasteiger partial charge on any atom is 0.255 e. The van der Waals surface area contributed by atoms with Crippen LogP contribution in [0.5, 0.6) is 5.75 Å². The van der Waals surface area contributed by atoms with Gasteiger partial charge < -0.3 is 14.8 Å². The molecule has 3 N–H and O–H groups in total. The monoisotopic (exact) mass is 481 g/mol. The van der Waals surface area contributed by atoms with Gasteiger partial charge in [0.05, 0.1) is 20.3 Å². The molecule has 4 rings (SSSR count). The van der Waals surface area contributed by atoms with E-state index >= 15 is 0 Å². The van der Waals surface area contributed by atoms with Crippen LogP contribution in [0, 0.1) is 0 Å². The molecule has 1 fully saturated rings. The average molecular weight is 482 g/mol. The van der Waals surface area contributed by atoms with E-state index in [0.717, 1.165) is 44.0 Å². The van der Waals surface area contributed by atoms with Crippen molar-refractivity contribution in [2.45, 2.75) is 11.4 Å². The SMILES string of the molecule is COc1cc(C(=O)Nc2ccc(-c3ccccc3CN3CCOCC3)cc2)ccc1S(N)(=O)=O. The summed E-state index contributed by atoms with van der Waals surface area (Å²) < 4.78 is 33.9. The molecule has 0 saturated carbocycles. The minimum absolute atomic E-state index is 0.0161. The lowest BCUT2D eigenvalue weighted by Gasteiger charge is -2.27. The van der Waals surface area contributed by atoms with Gasteiger partial charge in [0, 0.05) is 30.9 Å². The number of anilines is 1. The number of ether oxygens (including phenoxy) is 2. The summed E-state index contributed by atoms with van der Waals surface area (Å²) in [5.74, 6) is -0.373. The highest BCUT2D eigenvalue weighted by Crippen LogP contribution is 2.27. The van der Waals surface area contributed by atoms with Gasteiger partial charge in [-0.2, -0.15) is 0 Å². The lowest BCUT2D eigenvalue weighted by molar-refractivity contribution is 0.0342. The van der Waals surface area contributed by atoms with Crippen molar-refractivity contribution in [3.05, 3.63) is 77.9 Å². The van der Waals surface area contributed by atoms with Crippen molar-refractivity contribution >= 4 is 21.6 Å². The number of nitrogens with one attached hydrogen (secondary N) is 1. The maximum atomic E-state index is 12.7. The molecule has 178 valence electrons. The van der Waals surface area contributed by atoms with Gasteiger partial charge in [0.2, 0.25) is 10.0 Å². The molecule has 1 saturated heterocycles. The minimum atomic E-state index is -3.96. The van der Waals surface area contributed by atoms with E-state index in [1.807, 2.05) is 36.4 Å². The number of carbonyl (C=O) groups excluding carboxylic acids is 1. The molecule has 0 aromatic heterocycles. The third-order valence-corrected chi connectivity index (χ3v) is 6.65. The van der Waals surface area contributed by atoms with Crippen LogP contribution < -0.4 is 15.2 Å². The predicted octanol–water partition coefficient (Wildman–Crippen LogP) is 3.09. The Bertz CT molecular complexity index is 1270. The van der Waals surface area contributed by atoms with Gasteiger partial charge in [-0.15, -0.1) is 0 Å². The molecule has 8 nitrogen and oxygen atoms in total. The molecule has 1 aliphatic rings. The number of benzene rings is 3. The number of primary sulfonamides is 1. The van der Waals surface area contributed by atoms with Gasteiger partial charge in [-0.25, -0.2) is 13.6 Å². The maximum absolute atomic E-state index is 12.7. The Morgan fingerprint density at radius 2 is 1.76 bits per heavy atom. The molecule has 9 heteroatoms. The first-order valence-electron chi connectivity index (χ1n) is 10.9. The fourth-order valence-corrected chi connectivity index (χ4v) is 4.60. The first-order chi connectivity index (χ1) is 16.3. The number of nitrogens with two attached hydrogens (primary N) is 1. The Balaban J connectivity index is 1.49. The highest BCUT2D eigenvalue weighted by atomic mass is 32.2. The molecular weight excluding hydrogens is 454 g/mol. The average Bonchev–Trinajstić information content (AvgIpc) is 2.84. The first-order valence-corrected chi connectivity index (χ1v) is 12.4. The third kappa shape index (κ3) is 5.63. The lowest BCUT2D eigenvalue weighted by atomic mass is 9.99. The molecule has 3 aromatic carbocycles. The molecule has 1 aliphatic heterocycles. The van der Waals surface area contributed by atoms with E-state index in [1.165, 1.54) is 30.9 Å². The third-order valence-electron chi connectivity index (χ3n) is 5.70. The van der Waals surface area contributed by atoms with Crippen LogP contribution >= 0.6 is 0 Å². The second-order valence-electron chi connectivity index (χ2n) is 7.99. The summed E-state index contributed by atoms with van der Waals surface area (Å²) in [4.78, 5) is 14.9. The number of nitrogens with zero attached hydrogens (tertiary/aromatic N) is 1. The first kappa shape index (κ1) is 23.9. The van der Waals surface area contributed by atoms with Crippen LogP contribution in [-0.2, 0) is 21.3 Å². The van der Waals surface area contributed by atoms with E-state index in [9.17, 15) is 13.2 Å². The molecule has 34 heavy (non-hydrogen) atoms. The summed E-state index contributed by atoms with van der Waals surface area (Å²) in [5.41, 5.74) is 4.32. The number of sulfonamides is 1. The second kappa shape index (κ2) is 10.4. The number of methoxy groups -OCH3 is 1. The van der Waals surface area contributed by atoms with E-state index < -0.39 is 10.0 Å². The lowest BCUT2D eigenvalue weighted by Crippen LogP contribution is -2.35. The number of amides is 1. The molecule has 1 amide bonds. The van der Waals surface area contributed by atoms with Crippen LogP contribution in [0.2, 0.25) is 0 Å². The van der Waals surface area contributed by atoms with E-state index in [0.29, 0.717) is 5.69 Å². The summed E-state index contributed by atoms with van der Waals surface area (Å²) in [6.45, 7) is 4.21. The van der Waals surface area contributed by atoms with Crippen LogP contribution in [0.25, 0.3) is 11.1 Å². The van der Waals surface area contributed by atoms with Gasteiger partial charge in [-0.3, -0.25) is 9.69 Å².